The van der Waals surface area contributed by atoms with E-state index in [1.165, 1.54) is 11.1 Å². The van der Waals surface area contributed by atoms with Crippen LogP contribution in [0, 0.1) is 30.1 Å². The molecule has 1 N–H and O–H groups in total. The molecule has 0 aromatic heterocycles. The van der Waals surface area contributed by atoms with Crippen LogP contribution >= 0.6 is 0 Å². The summed E-state index contributed by atoms with van der Waals surface area (Å²) in [5.74, 6) is 0.987. The number of nitrogens with one attached hydrogen (secondary N) is 1. The highest BCUT2D eigenvalue weighted by Gasteiger charge is 2.26. The van der Waals surface area contributed by atoms with Crippen LogP contribution in [0.25, 0.3) is 0 Å². The first-order valence-corrected chi connectivity index (χ1v) is 6.98. The number of nitriles is 1. The molecule has 3 atom stereocenters. The molecule has 2 heteroatoms. The number of hydrogen-bond donors (Lipinski definition) is 1. The molecule has 1 aliphatic carbocycles. The van der Waals surface area contributed by atoms with Crippen LogP contribution in [0.2, 0.25) is 0 Å². The molecular formula is C17H22N2. The van der Waals surface area contributed by atoms with E-state index >= 15 is 0 Å². The van der Waals surface area contributed by atoms with E-state index in [1.54, 1.807) is 0 Å². The second kappa shape index (κ2) is 5.93. The van der Waals surface area contributed by atoms with Crippen molar-refractivity contribution in [3.8, 4) is 6.07 Å². The highest BCUT2D eigenvalue weighted by molar-refractivity contribution is 5.46. The molecule has 0 saturated heterocycles. The van der Waals surface area contributed by atoms with Gasteiger partial charge in [-0.05, 0) is 50.7 Å². The number of rotatable bonds is 3. The number of hydrogen-bond acceptors (Lipinski definition) is 2. The van der Waals surface area contributed by atoms with Gasteiger partial charge in [-0.3, -0.25) is 0 Å². The molecule has 0 aliphatic heterocycles. The lowest BCUT2D eigenvalue weighted by Gasteiger charge is -2.29. The summed E-state index contributed by atoms with van der Waals surface area (Å²) in [4.78, 5) is 0. The molecule has 19 heavy (non-hydrogen) atoms. The number of allylic oxidation sites excluding steroid dienone is 2. The molecule has 0 spiro atoms. The Morgan fingerprint density at radius 2 is 1.95 bits per heavy atom. The largest absolute Gasteiger partial charge is 0.370 e. The maximum atomic E-state index is 9.43. The van der Waals surface area contributed by atoms with Crippen molar-refractivity contribution in [2.75, 3.05) is 5.32 Å². The van der Waals surface area contributed by atoms with Crippen LogP contribution in [0.1, 0.15) is 32.3 Å². The Balaban J connectivity index is 2.07. The number of aryl methyl sites for hydroxylation is 1. The lowest BCUT2D eigenvalue weighted by molar-refractivity contribution is 0.388. The van der Waals surface area contributed by atoms with Crippen LogP contribution < -0.4 is 5.32 Å². The van der Waals surface area contributed by atoms with Gasteiger partial charge in [0.1, 0.15) is 6.04 Å². The van der Waals surface area contributed by atoms with Gasteiger partial charge in [-0.2, -0.15) is 5.26 Å². The molecule has 1 aromatic rings. The molecule has 2 rings (SSSR count). The van der Waals surface area contributed by atoms with E-state index in [0.29, 0.717) is 11.8 Å². The summed E-state index contributed by atoms with van der Waals surface area (Å²) in [6.45, 7) is 6.47. The maximum absolute atomic E-state index is 9.43. The monoisotopic (exact) mass is 254 g/mol. The highest BCUT2D eigenvalue weighted by atomic mass is 14.9. The van der Waals surface area contributed by atoms with E-state index in [4.69, 9.17) is 0 Å². The molecule has 0 radical (unpaired) electrons. The quantitative estimate of drug-likeness (QED) is 0.817. The van der Waals surface area contributed by atoms with Gasteiger partial charge < -0.3 is 5.32 Å². The van der Waals surface area contributed by atoms with Crippen LogP contribution in [0.3, 0.4) is 0 Å². The maximum Gasteiger partial charge on any atom is 0.117 e. The molecule has 2 nitrogen and oxygen atoms in total. The second-order valence-corrected chi connectivity index (χ2v) is 5.81. The zero-order valence-corrected chi connectivity index (χ0v) is 12.0. The first-order valence-electron chi connectivity index (χ1n) is 6.98. The lowest BCUT2D eigenvalue weighted by Crippen LogP contribution is -2.30. The van der Waals surface area contributed by atoms with E-state index in [-0.39, 0.29) is 6.04 Å². The summed E-state index contributed by atoms with van der Waals surface area (Å²) in [7, 11) is 0. The molecule has 3 unspecified atom stereocenters. The number of benzene rings is 1. The fourth-order valence-corrected chi connectivity index (χ4v) is 2.94. The fraction of sp³-hybridized carbons (Fsp3) is 0.471. The first kappa shape index (κ1) is 13.7. The van der Waals surface area contributed by atoms with E-state index in [0.717, 1.165) is 18.5 Å². The van der Waals surface area contributed by atoms with Crippen molar-refractivity contribution in [2.24, 2.45) is 11.8 Å². The van der Waals surface area contributed by atoms with Crippen LogP contribution in [-0.4, -0.2) is 6.04 Å². The average molecular weight is 254 g/mol. The van der Waals surface area contributed by atoms with Gasteiger partial charge in [-0.1, -0.05) is 36.3 Å². The predicted octanol–water partition coefficient (Wildman–Crippen LogP) is 4.29. The molecule has 1 aromatic carbocycles. The minimum absolute atomic E-state index is 0.103. The smallest absolute Gasteiger partial charge is 0.117 e. The van der Waals surface area contributed by atoms with Gasteiger partial charge in [0, 0.05) is 5.69 Å². The summed E-state index contributed by atoms with van der Waals surface area (Å²) < 4.78 is 0. The Bertz CT molecular complexity index is 493. The molecule has 0 bridgehead atoms. The van der Waals surface area contributed by atoms with Crippen molar-refractivity contribution in [3.63, 3.8) is 0 Å². The van der Waals surface area contributed by atoms with Crippen LogP contribution in [0.15, 0.2) is 35.9 Å². The zero-order chi connectivity index (χ0) is 13.8. The van der Waals surface area contributed by atoms with Gasteiger partial charge in [0.25, 0.3) is 0 Å². The molecule has 1 aliphatic rings. The second-order valence-electron chi connectivity index (χ2n) is 5.81. The summed E-state index contributed by atoms with van der Waals surface area (Å²) in [5.41, 5.74) is 3.69. The normalized spacial score (nSPS) is 24.2. The molecule has 0 fully saturated rings. The first-order chi connectivity index (χ1) is 9.08. The van der Waals surface area contributed by atoms with Gasteiger partial charge in [-0.15, -0.1) is 0 Å². The minimum Gasteiger partial charge on any atom is -0.370 e. The number of anilines is 1. The minimum atomic E-state index is -0.103. The Hall–Kier alpha value is -1.75. The molecule has 100 valence electrons. The van der Waals surface area contributed by atoms with E-state index in [2.05, 4.69) is 62.5 Å². The summed E-state index contributed by atoms with van der Waals surface area (Å²) in [5, 5.41) is 12.8. The fourth-order valence-electron chi connectivity index (χ4n) is 2.94. The van der Waals surface area contributed by atoms with Gasteiger partial charge in [-0.25, -0.2) is 0 Å². The molecule has 0 heterocycles. The van der Waals surface area contributed by atoms with Crippen LogP contribution in [0.5, 0.6) is 0 Å². The van der Waals surface area contributed by atoms with E-state index in [9.17, 15) is 5.26 Å². The molecular weight excluding hydrogens is 232 g/mol. The van der Waals surface area contributed by atoms with Crippen molar-refractivity contribution in [3.05, 3.63) is 41.5 Å². The highest BCUT2D eigenvalue weighted by Crippen LogP contribution is 2.31. The molecule has 0 saturated carbocycles. The van der Waals surface area contributed by atoms with Gasteiger partial charge in [0.05, 0.1) is 6.07 Å². The standard InChI is InChI=1S/C17H22N2/c1-12-4-6-16(7-5-12)19-17(11-18)15-9-13(2)8-14(3)10-15/h4-8,13,15,17,19H,9-10H2,1-3H3. The zero-order valence-electron chi connectivity index (χ0n) is 12.0. The van der Waals surface area contributed by atoms with Gasteiger partial charge in [0.15, 0.2) is 0 Å². The van der Waals surface area contributed by atoms with Crippen molar-refractivity contribution in [1.82, 2.24) is 0 Å². The van der Waals surface area contributed by atoms with Crippen molar-refractivity contribution in [2.45, 2.75) is 39.7 Å². The Labute approximate surface area is 116 Å². The predicted molar refractivity (Wildman–Crippen MR) is 79.8 cm³/mol. The molecule has 0 amide bonds. The summed E-state index contributed by atoms with van der Waals surface area (Å²) in [6.07, 6.45) is 4.45. The third-order valence-electron chi connectivity index (χ3n) is 3.81. The Morgan fingerprint density at radius 3 is 2.53 bits per heavy atom. The van der Waals surface area contributed by atoms with Crippen molar-refractivity contribution in [1.29, 1.82) is 5.26 Å². The van der Waals surface area contributed by atoms with Crippen LogP contribution in [0.4, 0.5) is 5.69 Å². The van der Waals surface area contributed by atoms with Crippen molar-refractivity contribution >= 4 is 5.69 Å². The van der Waals surface area contributed by atoms with Crippen molar-refractivity contribution < 1.29 is 0 Å². The van der Waals surface area contributed by atoms with Gasteiger partial charge in [0.2, 0.25) is 0 Å². The third-order valence-corrected chi connectivity index (χ3v) is 3.81. The van der Waals surface area contributed by atoms with Gasteiger partial charge >= 0.3 is 0 Å². The SMILES string of the molecule is CC1=CC(C)CC(C(C#N)Nc2ccc(C)cc2)C1. The number of nitrogens with zero attached hydrogens (tertiary/aromatic N) is 1. The lowest BCUT2D eigenvalue weighted by atomic mass is 9.80. The Morgan fingerprint density at radius 1 is 1.26 bits per heavy atom. The third kappa shape index (κ3) is 3.61. The average Bonchev–Trinajstić information content (AvgIpc) is 2.37. The topological polar surface area (TPSA) is 35.8 Å². The van der Waals surface area contributed by atoms with E-state index < -0.39 is 0 Å². The van der Waals surface area contributed by atoms with E-state index in [1.807, 2.05) is 0 Å². The summed E-state index contributed by atoms with van der Waals surface area (Å²) >= 11 is 0. The summed E-state index contributed by atoms with van der Waals surface area (Å²) in [6, 6.07) is 10.6. The Kier molecular flexibility index (Phi) is 4.27. The van der Waals surface area contributed by atoms with Crippen LogP contribution in [-0.2, 0) is 0 Å².